The quantitative estimate of drug-likeness (QED) is 0.243. The van der Waals surface area contributed by atoms with E-state index < -0.39 is 89.8 Å². The van der Waals surface area contributed by atoms with E-state index in [4.69, 9.17) is 23.7 Å². The van der Waals surface area contributed by atoms with Crippen molar-refractivity contribution < 1.29 is 63.6 Å². The molecular formula is C34H40O13. The van der Waals surface area contributed by atoms with Crippen molar-refractivity contribution in [2.75, 3.05) is 7.11 Å². The van der Waals surface area contributed by atoms with Gasteiger partial charge in [0.2, 0.25) is 5.78 Å². The molecule has 0 saturated carbocycles. The van der Waals surface area contributed by atoms with Crippen molar-refractivity contribution >= 4 is 17.5 Å². The van der Waals surface area contributed by atoms with E-state index in [0.717, 1.165) is 7.11 Å². The lowest BCUT2D eigenvalue weighted by atomic mass is 9.67. The Labute approximate surface area is 271 Å². The van der Waals surface area contributed by atoms with E-state index in [9.17, 15) is 39.9 Å². The van der Waals surface area contributed by atoms with Crippen LogP contribution in [0.1, 0.15) is 108 Å². The van der Waals surface area contributed by atoms with Crippen LogP contribution in [0.3, 0.4) is 0 Å². The van der Waals surface area contributed by atoms with E-state index in [-0.39, 0.29) is 52.6 Å². The molecule has 0 aromatic heterocycles. The van der Waals surface area contributed by atoms with Gasteiger partial charge in [0.15, 0.2) is 18.4 Å². The SMILES string of the molecule is CCC1(O)CC(OC2CC(O)C(OC3CCC(O)C(C)O3)C(C)O2)c2c(cc3c(c2O)C(=O)c2c(O)cccc2C3=O)C1C(=O)OC. The lowest BCUT2D eigenvalue weighted by Crippen LogP contribution is -2.52. The number of fused-ring (bicyclic) bond motifs is 3. The minimum absolute atomic E-state index is 0.00966. The van der Waals surface area contributed by atoms with Gasteiger partial charge in [-0.25, -0.2) is 0 Å². The normalized spacial score (nSPS) is 35.1. The largest absolute Gasteiger partial charge is 0.507 e. The van der Waals surface area contributed by atoms with Crippen molar-refractivity contribution in [3.8, 4) is 11.5 Å². The summed E-state index contributed by atoms with van der Waals surface area (Å²) in [6, 6.07) is 5.37. The minimum Gasteiger partial charge on any atom is -0.507 e. The van der Waals surface area contributed by atoms with Crippen LogP contribution in [0.4, 0.5) is 0 Å². The molecule has 47 heavy (non-hydrogen) atoms. The summed E-state index contributed by atoms with van der Waals surface area (Å²) in [5.41, 5.74) is -2.59. The average Bonchev–Trinajstić information content (AvgIpc) is 3.02. The lowest BCUT2D eigenvalue weighted by Gasteiger charge is -2.46. The highest BCUT2D eigenvalue weighted by molar-refractivity contribution is 6.30. The topological polar surface area (TPSA) is 199 Å². The molecule has 10 atom stereocenters. The molecule has 254 valence electrons. The van der Waals surface area contributed by atoms with Crippen molar-refractivity contribution in [3.63, 3.8) is 0 Å². The number of phenolic OH excluding ortho intramolecular Hbond substituents is 2. The van der Waals surface area contributed by atoms with Gasteiger partial charge in [-0.15, -0.1) is 0 Å². The number of phenols is 2. The number of hydrogen-bond acceptors (Lipinski definition) is 13. The van der Waals surface area contributed by atoms with Crippen LogP contribution in [0, 0.1) is 0 Å². The fraction of sp³-hybridized carbons (Fsp3) is 0.559. The number of carbonyl (C=O) groups excluding carboxylic acids is 3. The van der Waals surface area contributed by atoms with Gasteiger partial charge in [0, 0.05) is 36.0 Å². The molecule has 6 rings (SSSR count). The van der Waals surface area contributed by atoms with E-state index in [0.29, 0.717) is 12.8 Å². The molecule has 13 heteroatoms. The van der Waals surface area contributed by atoms with Gasteiger partial charge in [-0.3, -0.25) is 14.4 Å². The monoisotopic (exact) mass is 656 g/mol. The fourth-order valence-corrected chi connectivity index (χ4v) is 7.39. The zero-order chi connectivity index (χ0) is 33.9. The van der Waals surface area contributed by atoms with Crippen LogP contribution in [0.15, 0.2) is 24.3 Å². The molecule has 13 nitrogen and oxygen atoms in total. The van der Waals surface area contributed by atoms with Crippen LogP contribution in [0.25, 0.3) is 0 Å². The van der Waals surface area contributed by atoms with Gasteiger partial charge in [-0.05, 0) is 44.4 Å². The maximum absolute atomic E-state index is 13.7. The smallest absolute Gasteiger partial charge is 0.316 e. The number of benzene rings is 2. The molecule has 2 saturated heterocycles. The highest BCUT2D eigenvalue weighted by atomic mass is 16.7. The van der Waals surface area contributed by atoms with Crippen molar-refractivity contribution in [1.82, 2.24) is 0 Å². The second-order valence-electron chi connectivity index (χ2n) is 12.8. The average molecular weight is 657 g/mol. The molecule has 0 spiro atoms. The number of hydrogen-bond donors (Lipinski definition) is 5. The second-order valence-corrected chi connectivity index (χ2v) is 12.8. The van der Waals surface area contributed by atoms with Crippen molar-refractivity contribution in [2.45, 2.75) is 114 Å². The zero-order valence-electron chi connectivity index (χ0n) is 26.5. The number of carbonyl (C=O) groups is 3. The summed E-state index contributed by atoms with van der Waals surface area (Å²) in [6.07, 6.45) is -5.79. The van der Waals surface area contributed by atoms with Gasteiger partial charge in [-0.1, -0.05) is 19.1 Å². The van der Waals surface area contributed by atoms with E-state index in [1.165, 1.54) is 24.3 Å². The lowest BCUT2D eigenvalue weighted by molar-refractivity contribution is -0.310. The maximum Gasteiger partial charge on any atom is 0.316 e. The fourth-order valence-electron chi connectivity index (χ4n) is 7.39. The number of ketones is 2. The summed E-state index contributed by atoms with van der Waals surface area (Å²) >= 11 is 0. The Morgan fingerprint density at radius 3 is 2.34 bits per heavy atom. The first-order valence-corrected chi connectivity index (χ1v) is 15.9. The molecule has 2 aliphatic carbocycles. The zero-order valence-corrected chi connectivity index (χ0v) is 26.5. The number of esters is 1. The van der Waals surface area contributed by atoms with Gasteiger partial charge in [0.1, 0.15) is 23.5 Å². The third-order valence-electron chi connectivity index (χ3n) is 9.99. The first-order chi connectivity index (χ1) is 22.3. The summed E-state index contributed by atoms with van der Waals surface area (Å²) in [5, 5.41) is 55.2. The first-order valence-electron chi connectivity index (χ1n) is 15.9. The third-order valence-corrected chi connectivity index (χ3v) is 9.99. The van der Waals surface area contributed by atoms with Gasteiger partial charge in [0.05, 0.1) is 54.4 Å². The van der Waals surface area contributed by atoms with Crippen molar-refractivity contribution in [2.24, 2.45) is 0 Å². The van der Waals surface area contributed by atoms with Gasteiger partial charge >= 0.3 is 5.97 Å². The summed E-state index contributed by atoms with van der Waals surface area (Å²) in [4.78, 5) is 40.5. The Balaban J connectivity index is 1.35. The van der Waals surface area contributed by atoms with E-state index in [1.54, 1.807) is 20.8 Å². The molecule has 10 unspecified atom stereocenters. The Kier molecular flexibility index (Phi) is 8.94. The first kappa shape index (κ1) is 33.5. The molecule has 0 radical (unpaired) electrons. The van der Waals surface area contributed by atoms with Crippen molar-refractivity contribution in [1.29, 1.82) is 0 Å². The Morgan fingerprint density at radius 2 is 1.68 bits per heavy atom. The van der Waals surface area contributed by atoms with E-state index >= 15 is 0 Å². The number of methoxy groups -OCH3 is 1. The van der Waals surface area contributed by atoms with Crippen LogP contribution in [-0.4, -0.2) is 98.9 Å². The molecule has 5 N–H and O–H groups in total. The van der Waals surface area contributed by atoms with Crippen LogP contribution in [0.5, 0.6) is 11.5 Å². The molecule has 4 aliphatic rings. The Morgan fingerprint density at radius 1 is 0.957 bits per heavy atom. The maximum atomic E-state index is 13.7. The standard InChI is InChI=1S/C34H40O13/c1-5-34(42)13-22(46-24-12-21(37)32(15(3)45-24)47-23-10-9-19(35)14(2)44-23)26-17(28(34)33(41)43-4)11-18-27(31(26)40)30(39)25-16(29(18)38)7-6-8-20(25)36/h6-8,11,14-15,19,21-24,28,32,35-37,40,42H,5,9-10,12-13H2,1-4H3. The molecule has 2 aromatic rings. The summed E-state index contributed by atoms with van der Waals surface area (Å²) in [5.74, 6) is -4.65. The molecule has 2 aliphatic heterocycles. The number of aromatic hydroxyl groups is 2. The molecule has 0 amide bonds. The van der Waals surface area contributed by atoms with Crippen LogP contribution in [-0.2, 0) is 28.5 Å². The molecule has 2 aromatic carbocycles. The summed E-state index contributed by atoms with van der Waals surface area (Å²) < 4.78 is 29.2. The third kappa shape index (κ3) is 5.63. The number of rotatable bonds is 6. The predicted molar refractivity (Wildman–Crippen MR) is 161 cm³/mol. The number of aliphatic hydroxyl groups is 3. The van der Waals surface area contributed by atoms with Gasteiger partial charge < -0.3 is 49.2 Å². The van der Waals surface area contributed by atoms with Gasteiger partial charge in [0.25, 0.3) is 0 Å². The number of ether oxygens (including phenoxy) is 5. The predicted octanol–water partition coefficient (Wildman–Crippen LogP) is 2.50. The summed E-state index contributed by atoms with van der Waals surface area (Å²) in [7, 11) is 1.16. The second kappa shape index (κ2) is 12.5. The highest BCUT2D eigenvalue weighted by Crippen LogP contribution is 2.54. The molecular weight excluding hydrogens is 616 g/mol. The van der Waals surface area contributed by atoms with Crippen LogP contribution in [0.2, 0.25) is 0 Å². The minimum atomic E-state index is -1.76. The van der Waals surface area contributed by atoms with Crippen LogP contribution < -0.4 is 0 Å². The highest BCUT2D eigenvalue weighted by Gasteiger charge is 2.53. The van der Waals surface area contributed by atoms with Crippen molar-refractivity contribution in [3.05, 3.63) is 57.6 Å². The summed E-state index contributed by atoms with van der Waals surface area (Å²) in [6.45, 7) is 5.10. The van der Waals surface area contributed by atoms with E-state index in [1.807, 2.05) is 0 Å². The van der Waals surface area contributed by atoms with E-state index in [2.05, 4.69) is 0 Å². The number of aliphatic hydroxyl groups excluding tert-OH is 2. The molecule has 0 bridgehead atoms. The van der Waals surface area contributed by atoms with Gasteiger partial charge in [-0.2, -0.15) is 0 Å². The Bertz CT molecular complexity index is 1580. The van der Waals surface area contributed by atoms with Crippen LogP contribution >= 0.6 is 0 Å². The Hall–Kier alpha value is -3.43. The molecule has 2 heterocycles. The molecule has 2 fully saturated rings.